The number of hydrogen-bond donors (Lipinski definition) is 6. The molecule has 0 saturated carbocycles. The Morgan fingerprint density at radius 2 is 0.805 bits per heavy atom. The summed E-state index contributed by atoms with van der Waals surface area (Å²) in [4.78, 5) is 53.4. The summed E-state index contributed by atoms with van der Waals surface area (Å²) in [5.74, 6) is 0.261. The zero-order valence-electron chi connectivity index (χ0n) is 52.0. The summed E-state index contributed by atoms with van der Waals surface area (Å²) in [5.41, 5.74) is 23.5. The fourth-order valence-electron chi connectivity index (χ4n) is 14.8. The topological polar surface area (TPSA) is 146 Å². The number of nitrogens with one attached hydrogen (secondary N) is 6. The van der Waals surface area contributed by atoms with E-state index >= 15 is 0 Å². The van der Waals surface area contributed by atoms with Gasteiger partial charge in [-0.05, 0) is 205 Å². The number of aliphatic imine (C=N–C) groups is 2. The number of aromatic amines is 4. The van der Waals surface area contributed by atoms with E-state index in [0.29, 0.717) is 11.4 Å². The number of H-pyrrole nitrogens is 4. The van der Waals surface area contributed by atoms with E-state index in [0.717, 1.165) is 157 Å². The standard InChI is InChI=1S/2C36H46N4O/c2*1-9-21-22(10-2)28-18-30-25(13-5)26(14-6)32(39-30)20-34-36(15-7,16-8)35(41)33(40-34)19-31-24(12-4)23(11-3)29(38-31)17-27(21)37-28/h10,17-20,28,37-39H,2,9,11-16H2,1,3-8H3;9,17-20,28,37-39H,1,10-16H2,2-8H3/b2*27-17-,30-18-,32-20-,33-19-. The van der Waals surface area contributed by atoms with Crippen LogP contribution in [0.15, 0.2) is 80.4 Å². The van der Waals surface area contributed by atoms with E-state index in [4.69, 9.17) is 9.98 Å². The van der Waals surface area contributed by atoms with Gasteiger partial charge in [-0.25, -0.2) is 9.98 Å². The van der Waals surface area contributed by atoms with Crippen LogP contribution in [0.1, 0.15) is 203 Å². The van der Waals surface area contributed by atoms with Crippen molar-refractivity contribution in [1.82, 2.24) is 30.6 Å². The first kappa shape index (κ1) is 59.4. The zero-order valence-corrected chi connectivity index (χ0v) is 52.0. The largest absolute Gasteiger partial charge is 0.374 e. The van der Waals surface area contributed by atoms with Crippen LogP contribution in [0.5, 0.6) is 0 Å². The molecule has 82 heavy (non-hydrogen) atoms. The number of fused-ring (bicyclic) bond motifs is 14. The molecule has 2 atom stereocenters. The quantitative estimate of drug-likeness (QED) is 0.0663. The smallest absolute Gasteiger partial charge is 0.193 e. The van der Waals surface area contributed by atoms with Gasteiger partial charge in [-0.15, -0.1) is 0 Å². The van der Waals surface area contributed by atoms with E-state index < -0.39 is 10.8 Å². The van der Waals surface area contributed by atoms with Gasteiger partial charge in [0, 0.05) is 55.6 Å². The average Bonchev–Trinajstić information content (AvgIpc) is 4.40. The highest BCUT2D eigenvalue weighted by Gasteiger charge is 2.47. The molecule has 0 aliphatic carbocycles. The number of hydrogen-bond acceptors (Lipinski definition) is 6. The van der Waals surface area contributed by atoms with Crippen molar-refractivity contribution in [3.8, 4) is 0 Å². The number of ketones is 2. The van der Waals surface area contributed by atoms with Crippen LogP contribution in [0.25, 0.3) is 48.6 Å². The van der Waals surface area contributed by atoms with Crippen LogP contribution in [0, 0.1) is 10.8 Å². The summed E-state index contributed by atoms with van der Waals surface area (Å²) in [5, 5.41) is 12.1. The third kappa shape index (κ3) is 9.69. The normalized spacial score (nSPS) is 23.5. The van der Waals surface area contributed by atoms with Gasteiger partial charge < -0.3 is 30.6 Å². The number of aromatic nitrogens is 4. The van der Waals surface area contributed by atoms with Gasteiger partial charge in [0.2, 0.25) is 0 Å². The molecule has 0 aromatic carbocycles. The molecule has 16 bridgehead atoms. The lowest BCUT2D eigenvalue weighted by Gasteiger charge is -2.24. The maximum atomic E-state index is 14.1. The average molecular weight is 1100 g/mol. The minimum atomic E-state index is -0.612. The maximum Gasteiger partial charge on any atom is 0.193 e. The maximum absolute atomic E-state index is 14.1. The Morgan fingerprint density at radius 1 is 0.427 bits per heavy atom. The highest BCUT2D eigenvalue weighted by Crippen LogP contribution is 2.43. The number of carbonyl (C=O) groups is 2. The van der Waals surface area contributed by atoms with Gasteiger partial charge in [0.15, 0.2) is 11.6 Å². The lowest BCUT2D eigenvalue weighted by Crippen LogP contribution is -2.34. The molecular weight excluding hydrogens is 1010 g/mol. The third-order valence-corrected chi connectivity index (χ3v) is 19.3. The molecule has 0 radical (unpaired) electrons. The second-order valence-corrected chi connectivity index (χ2v) is 22.7. The number of rotatable bonds is 16. The predicted octanol–water partition coefficient (Wildman–Crippen LogP) is 12.5. The van der Waals surface area contributed by atoms with Gasteiger partial charge in [-0.1, -0.05) is 122 Å². The van der Waals surface area contributed by atoms with Crippen LogP contribution in [0.3, 0.4) is 0 Å². The number of Topliss-reactive ketones (excluding diaryl/α,β-unsaturated/α-hetero) is 2. The molecule has 6 aliphatic rings. The molecule has 10 heteroatoms. The third-order valence-electron chi connectivity index (χ3n) is 19.3. The summed E-state index contributed by atoms with van der Waals surface area (Å²) in [6, 6.07) is 0.0941. The van der Waals surface area contributed by atoms with Crippen molar-refractivity contribution in [2.24, 2.45) is 20.8 Å². The Balaban J connectivity index is 0.000000198. The van der Waals surface area contributed by atoms with E-state index in [1.54, 1.807) is 0 Å². The predicted molar refractivity (Wildman–Crippen MR) is 346 cm³/mol. The Labute approximate surface area is 488 Å². The van der Waals surface area contributed by atoms with E-state index in [2.05, 4.69) is 177 Å². The van der Waals surface area contributed by atoms with Crippen molar-refractivity contribution in [1.29, 1.82) is 0 Å². The number of allylic oxidation sites excluding steroid dienone is 4. The van der Waals surface area contributed by atoms with Crippen LogP contribution >= 0.6 is 0 Å². The molecule has 4 aromatic heterocycles. The second-order valence-electron chi connectivity index (χ2n) is 22.7. The minimum absolute atomic E-state index is 0.0236. The van der Waals surface area contributed by atoms with Crippen LogP contribution in [-0.4, -0.2) is 55.0 Å². The Hall–Kier alpha value is -7.20. The first-order valence-electron chi connectivity index (χ1n) is 31.4. The fourth-order valence-corrected chi connectivity index (χ4v) is 14.8. The van der Waals surface area contributed by atoms with E-state index in [9.17, 15) is 9.59 Å². The van der Waals surface area contributed by atoms with Gasteiger partial charge in [-0.2, -0.15) is 0 Å². The molecule has 2 unspecified atom stereocenters. The Kier molecular flexibility index (Phi) is 17.6. The zero-order chi connectivity index (χ0) is 58.9. The molecule has 0 spiro atoms. The fraction of sp³-hybridized carbons (Fsp3) is 0.444. The summed E-state index contributed by atoms with van der Waals surface area (Å²) in [6.07, 6.45) is 33.5. The van der Waals surface area contributed by atoms with E-state index in [-0.39, 0.29) is 23.7 Å². The molecule has 10 heterocycles. The van der Waals surface area contributed by atoms with Crippen LogP contribution < -0.4 is 32.0 Å². The van der Waals surface area contributed by atoms with Crippen molar-refractivity contribution in [2.45, 2.75) is 199 Å². The molecule has 0 saturated heterocycles. The summed E-state index contributed by atoms with van der Waals surface area (Å²) >= 11 is 0. The van der Waals surface area contributed by atoms with Crippen molar-refractivity contribution < 1.29 is 9.59 Å². The van der Waals surface area contributed by atoms with Crippen molar-refractivity contribution in [3.05, 3.63) is 159 Å². The van der Waals surface area contributed by atoms with Gasteiger partial charge in [0.1, 0.15) is 11.4 Å². The van der Waals surface area contributed by atoms with Gasteiger partial charge >= 0.3 is 0 Å². The van der Waals surface area contributed by atoms with Crippen molar-refractivity contribution in [3.63, 3.8) is 0 Å². The first-order valence-corrected chi connectivity index (χ1v) is 31.4. The van der Waals surface area contributed by atoms with Crippen LogP contribution in [-0.2, 0) is 61.0 Å². The van der Waals surface area contributed by atoms with E-state index in [1.165, 1.54) is 66.8 Å². The van der Waals surface area contributed by atoms with E-state index in [1.807, 2.05) is 24.3 Å². The van der Waals surface area contributed by atoms with Gasteiger partial charge in [0.05, 0.1) is 34.3 Å². The summed E-state index contributed by atoms with van der Waals surface area (Å²) in [7, 11) is 0. The number of nitrogens with zero attached hydrogens (tertiary/aromatic N) is 2. The SMILES string of the molecule is C=CC1=C(CC)/C2=C/c3[nH]c(c(CC)c3CC)/C=C3N=C(/C=c4\[nH]/c(c(CC)c4CC)=C\C1N2)C(CC)(CC)C\3=O.C=CC1=C(CC)C2/C=c3\[nH]/c(c(CC)c3CC)=C\C3=NC(=C\c4[nH]c(c(CC)c4CC)/C=C/1N2)/C(=O)C3(CC)CC. The molecule has 0 amide bonds. The molecule has 10 nitrogen and oxygen atoms in total. The molecule has 6 aliphatic heterocycles. The minimum Gasteiger partial charge on any atom is -0.374 e. The molecule has 10 rings (SSSR count). The van der Waals surface area contributed by atoms with Crippen LogP contribution in [0.4, 0.5) is 0 Å². The molecule has 4 aromatic rings. The van der Waals surface area contributed by atoms with Gasteiger partial charge in [-0.3, -0.25) is 9.59 Å². The molecular formula is C72H92N8O2. The lowest BCUT2D eigenvalue weighted by atomic mass is 9.75. The Morgan fingerprint density at radius 3 is 1.17 bits per heavy atom. The second kappa shape index (κ2) is 24.3. The number of carbonyl (C=O) groups excluding carboxylic acids is 2. The monoisotopic (exact) mass is 1100 g/mol. The first-order chi connectivity index (χ1) is 39.7. The van der Waals surface area contributed by atoms with Crippen molar-refractivity contribution in [2.75, 3.05) is 0 Å². The van der Waals surface area contributed by atoms with Crippen LogP contribution in [0.2, 0.25) is 0 Å². The Bertz CT molecular complexity index is 3780. The lowest BCUT2D eigenvalue weighted by molar-refractivity contribution is -0.121. The molecule has 6 N–H and O–H groups in total. The summed E-state index contributed by atoms with van der Waals surface area (Å²) < 4.78 is 0. The summed E-state index contributed by atoms with van der Waals surface area (Å²) in [6.45, 7) is 39.0. The molecule has 432 valence electrons. The van der Waals surface area contributed by atoms with Crippen molar-refractivity contribution >= 4 is 71.6 Å². The highest BCUT2D eigenvalue weighted by molar-refractivity contribution is 6.33. The molecule has 0 fully saturated rings. The highest BCUT2D eigenvalue weighted by atomic mass is 16.1. The van der Waals surface area contributed by atoms with Gasteiger partial charge in [0.25, 0.3) is 0 Å².